The number of benzene rings is 3. The maximum absolute atomic E-state index is 12.7. The van der Waals surface area contributed by atoms with Crippen LogP contribution in [0.1, 0.15) is 15.9 Å². The van der Waals surface area contributed by atoms with Crippen molar-refractivity contribution in [2.45, 2.75) is 6.92 Å². The molecule has 1 amide bonds. The molecule has 29 heavy (non-hydrogen) atoms. The average Bonchev–Trinajstić information content (AvgIpc) is 3.18. The topological polar surface area (TPSA) is 83.5 Å². The van der Waals surface area contributed by atoms with Gasteiger partial charge in [-0.15, -0.1) is 11.3 Å². The second-order valence-electron chi connectivity index (χ2n) is 6.45. The number of thiazole rings is 1. The zero-order chi connectivity index (χ0) is 20.4. The molecule has 0 unspecified atom stereocenters. The summed E-state index contributed by atoms with van der Waals surface area (Å²) in [5.74, 6) is 0.159. The Morgan fingerprint density at radius 2 is 1.90 bits per heavy atom. The summed E-state index contributed by atoms with van der Waals surface area (Å²) in [5.41, 5.74) is 6.36. The number of carbonyl (C=O) groups is 1. The third kappa shape index (κ3) is 3.65. The number of hydrogen-bond acceptors (Lipinski definition) is 6. The van der Waals surface area contributed by atoms with Gasteiger partial charge in [0.15, 0.2) is 0 Å². The zero-order valence-electron chi connectivity index (χ0n) is 15.9. The first kappa shape index (κ1) is 18.9. The Hall–Kier alpha value is -3.42. The summed E-state index contributed by atoms with van der Waals surface area (Å²) in [6.45, 7) is 1.96. The smallest absolute Gasteiger partial charge is 0.255 e. The van der Waals surface area contributed by atoms with Crippen molar-refractivity contribution in [1.82, 2.24) is 4.98 Å². The van der Waals surface area contributed by atoms with Gasteiger partial charge in [-0.25, -0.2) is 4.98 Å². The highest BCUT2D eigenvalue weighted by molar-refractivity contribution is 7.21. The van der Waals surface area contributed by atoms with Crippen molar-refractivity contribution < 1.29 is 14.7 Å². The first-order chi connectivity index (χ1) is 14.1. The summed E-state index contributed by atoms with van der Waals surface area (Å²) in [5, 5.41) is 13.1. The van der Waals surface area contributed by atoms with Crippen LogP contribution in [0.5, 0.6) is 5.75 Å². The first-order valence-electron chi connectivity index (χ1n) is 8.95. The monoisotopic (exact) mass is 405 g/mol. The summed E-state index contributed by atoms with van der Waals surface area (Å²) in [6.07, 6.45) is 0. The predicted octanol–water partition coefficient (Wildman–Crippen LogP) is 5.33. The van der Waals surface area contributed by atoms with E-state index in [4.69, 9.17) is 9.72 Å². The molecule has 0 atom stereocenters. The number of anilines is 2. The van der Waals surface area contributed by atoms with Gasteiger partial charge >= 0.3 is 0 Å². The van der Waals surface area contributed by atoms with Crippen LogP contribution < -0.4 is 15.5 Å². The first-order valence-corrected chi connectivity index (χ1v) is 9.77. The van der Waals surface area contributed by atoms with E-state index in [9.17, 15) is 10.0 Å². The van der Waals surface area contributed by atoms with Crippen LogP contribution in [0.4, 0.5) is 11.4 Å². The van der Waals surface area contributed by atoms with E-state index in [0.717, 1.165) is 26.4 Å². The second kappa shape index (κ2) is 7.90. The van der Waals surface area contributed by atoms with Gasteiger partial charge in [0.25, 0.3) is 5.91 Å². The molecular formula is C22H19N3O3S. The Kier molecular flexibility index (Phi) is 5.16. The molecule has 7 heteroatoms. The van der Waals surface area contributed by atoms with Gasteiger partial charge in [0, 0.05) is 16.8 Å². The van der Waals surface area contributed by atoms with Crippen molar-refractivity contribution >= 4 is 38.8 Å². The van der Waals surface area contributed by atoms with Crippen LogP contribution in [0.2, 0.25) is 0 Å². The van der Waals surface area contributed by atoms with Gasteiger partial charge < -0.3 is 10.1 Å². The molecular weight excluding hydrogens is 386 g/mol. The Morgan fingerprint density at radius 1 is 1.07 bits per heavy atom. The van der Waals surface area contributed by atoms with Gasteiger partial charge in [0.2, 0.25) is 0 Å². The summed E-state index contributed by atoms with van der Waals surface area (Å²) < 4.78 is 6.26. The van der Waals surface area contributed by atoms with Crippen LogP contribution in [0.15, 0.2) is 60.7 Å². The molecule has 0 bridgehead atoms. The van der Waals surface area contributed by atoms with E-state index in [1.54, 1.807) is 23.5 Å². The molecule has 0 radical (unpaired) electrons. The number of hydrogen-bond donors (Lipinski definition) is 3. The minimum Gasteiger partial charge on any atom is -0.495 e. The maximum atomic E-state index is 12.7. The molecule has 4 aromatic rings. The van der Waals surface area contributed by atoms with Crippen molar-refractivity contribution in [3.8, 4) is 16.3 Å². The molecule has 3 aromatic carbocycles. The van der Waals surface area contributed by atoms with Crippen molar-refractivity contribution in [1.29, 1.82) is 0 Å². The third-order valence-electron chi connectivity index (χ3n) is 4.69. The number of fused-ring (bicyclic) bond motifs is 1. The number of aromatic nitrogens is 1. The molecule has 6 nitrogen and oxygen atoms in total. The van der Waals surface area contributed by atoms with Crippen LogP contribution >= 0.6 is 11.3 Å². The Morgan fingerprint density at radius 3 is 2.66 bits per heavy atom. The number of para-hydroxylation sites is 1. The Balaban J connectivity index is 1.64. The summed E-state index contributed by atoms with van der Waals surface area (Å²) in [7, 11) is 1.49. The molecule has 0 aliphatic carbocycles. The molecule has 0 fully saturated rings. The molecule has 0 saturated heterocycles. The van der Waals surface area contributed by atoms with Gasteiger partial charge in [-0.1, -0.05) is 24.3 Å². The zero-order valence-corrected chi connectivity index (χ0v) is 16.7. The van der Waals surface area contributed by atoms with Gasteiger partial charge in [-0.05, 0) is 48.9 Å². The van der Waals surface area contributed by atoms with Gasteiger partial charge in [-0.2, -0.15) is 0 Å². The normalized spacial score (nSPS) is 10.7. The number of rotatable bonds is 5. The van der Waals surface area contributed by atoms with E-state index < -0.39 is 0 Å². The van der Waals surface area contributed by atoms with Gasteiger partial charge in [0.05, 0.1) is 17.3 Å². The lowest BCUT2D eigenvalue weighted by Crippen LogP contribution is -2.13. The number of nitrogens with zero attached hydrogens (tertiary/aromatic N) is 1. The van der Waals surface area contributed by atoms with Gasteiger partial charge in [-0.3, -0.25) is 15.5 Å². The highest BCUT2D eigenvalue weighted by atomic mass is 32.1. The maximum Gasteiger partial charge on any atom is 0.255 e. The molecule has 4 rings (SSSR count). The van der Waals surface area contributed by atoms with E-state index in [0.29, 0.717) is 22.7 Å². The molecule has 0 aliphatic rings. The van der Waals surface area contributed by atoms with E-state index in [2.05, 4.69) is 5.32 Å². The van der Waals surface area contributed by atoms with Crippen LogP contribution in [0, 0.1) is 6.92 Å². The fraction of sp³-hybridized carbons (Fsp3) is 0.0909. The van der Waals surface area contributed by atoms with Crippen molar-refractivity contribution in [3.05, 3.63) is 71.8 Å². The van der Waals surface area contributed by atoms with Gasteiger partial charge in [0.1, 0.15) is 16.4 Å². The largest absolute Gasteiger partial charge is 0.495 e. The lowest BCUT2D eigenvalue weighted by Gasteiger charge is -2.13. The lowest BCUT2D eigenvalue weighted by atomic mass is 10.1. The molecule has 1 aromatic heterocycles. The number of carbonyl (C=O) groups excluding carboxylic acids is 1. The number of methoxy groups -OCH3 is 1. The van der Waals surface area contributed by atoms with Crippen molar-refractivity contribution in [2.24, 2.45) is 0 Å². The highest BCUT2D eigenvalue weighted by Gasteiger charge is 2.15. The third-order valence-corrected chi connectivity index (χ3v) is 5.76. The minimum absolute atomic E-state index is 0.284. The summed E-state index contributed by atoms with van der Waals surface area (Å²) in [6, 6.07) is 18.6. The standard InChI is InChI=1S/C22H19N3O3S/c1-13-15(22-24-17-7-3-4-9-20(17)29-22)6-5-8-16(13)23-21(26)14-10-11-19(28-2)18(12-14)25-27/h3-12,25,27H,1-2H3,(H,23,26). The SMILES string of the molecule is COc1ccc(C(=O)Nc2cccc(-c3nc4ccccc4s3)c2C)cc1NO. The molecule has 3 N–H and O–H groups in total. The molecule has 146 valence electrons. The molecule has 0 spiro atoms. The number of ether oxygens (including phenoxy) is 1. The molecule has 0 saturated carbocycles. The molecule has 0 aliphatic heterocycles. The van der Waals surface area contributed by atoms with Crippen molar-refractivity contribution in [2.75, 3.05) is 17.9 Å². The van der Waals surface area contributed by atoms with E-state index in [1.807, 2.05) is 54.9 Å². The van der Waals surface area contributed by atoms with E-state index >= 15 is 0 Å². The highest BCUT2D eigenvalue weighted by Crippen LogP contribution is 2.34. The van der Waals surface area contributed by atoms with Crippen LogP contribution in [0.25, 0.3) is 20.8 Å². The average molecular weight is 405 g/mol. The molecule has 1 heterocycles. The number of nitrogens with one attached hydrogen (secondary N) is 2. The lowest BCUT2D eigenvalue weighted by molar-refractivity contribution is 0.102. The minimum atomic E-state index is -0.284. The predicted molar refractivity (Wildman–Crippen MR) is 116 cm³/mol. The van der Waals surface area contributed by atoms with Crippen molar-refractivity contribution in [3.63, 3.8) is 0 Å². The van der Waals surface area contributed by atoms with Crippen LogP contribution in [0.3, 0.4) is 0 Å². The van der Waals surface area contributed by atoms with Crippen LogP contribution in [-0.2, 0) is 0 Å². The Bertz CT molecular complexity index is 1170. The fourth-order valence-electron chi connectivity index (χ4n) is 3.12. The van der Waals surface area contributed by atoms with E-state index in [-0.39, 0.29) is 5.91 Å². The number of amides is 1. The summed E-state index contributed by atoms with van der Waals surface area (Å²) in [4.78, 5) is 17.5. The van der Waals surface area contributed by atoms with Crippen LogP contribution in [-0.4, -0.2) is 23.2 Å². The summed E-state index contributed by atoms with van der Waals surface area (Å²) >= 11 is 1.62. The fourth-order valence-corrected chi connectivity index (χ4v) is 4.17. The van der Waals surface area contributed by atoms with E-state index in [1.165, 1.54) is 13.2 Å². The quantitative estimate of drug-likeness (QED) is 0.391. The Labute approximate surface area is 171 Å². The second-order valence-corrected chi connectivity index (χ2v) is 7.48.